The van der Waals surface area contributed by atoms with E-state index in [9.17, 15) is 4.79 Å². The van der Waals surface area contributed by atoms with E-state index in [0.29, 0.717) is 25.0 Å². The van der Waals surface area contributed by atoms with Crippen molar-refractivity contribution < 1.29 is 23.7 Å². The smallest absolute Gasteiger partial charge is 0.302 e. The number of hydrogen-bond donors (Lipinski definition) is 1. The Morgan fingerprint density at radius 1 is 1.15 bits per heavy atom. The first-order valence-electron chi connectivity index (χ1n) is 7.15. The molecule has 1 aliphatic rings. The Kier molecular flexibility index (Phi) is 7.43. The summed E-state index contributed by atoms with van der Waals surface area (Å²) in [4.78, 5) is 10.9. The zero-order chi connectivity index (χ0) is 15.1. The minimum absolute atomic E-state index is 0.134. The van der Waals surface area contributed by atoms with Crippen LogP contribution in [0.2, 0.25) is 0 Å². The fourth-order valence-electron chi connectivity index (χ4n) is 2.37. The summed E-state index contributed by atoms with van der Waals surface area (Å²) in [6.45, 7) is 9.14. The molecular weight excluding hydrogens is 262 g/mol. The average molecular weight is 289 g/mol. The summed E-state index contributed by atoms with van der Waals surface area (Å²) in [5, 5.41) is 0. The second kappa shape index (κ2) is 8.56. The maximum atomic E-state index is 10.9. The summed E-state index contributed by atoms with van der Waals surface area (Å²) in [6, 6.07) is 0. The van der Waals surface area contributed by atoms with Gasteiger partial charge in [0.05, 0.1) is 26.0 Å². The molecule has 6 heteroatoms. The van der Waals surface area contributed by atoms with E-state index in [1.165, 1.54) is 6.92 Å². The minimum Gasteiger partial charge on any atom is -0.463 e. The van der Waals surface area contributed by atoms with Crippen LogP contribution in [0, 0.1) is 17.8 Å². The molecule has 1 fully saturated rings. The summed E-state index contributed by atoms with van der Waals surface area (Å²) in [6.07, 6.45) is -0.436. The number of carbonyl (C=O) groups excluding carboxylic acids is 1. The van der Waals surface area contributed by atoms with Crippen LogP contribution in [0.15, 0.2) is 0 Å². The zero-order valence-electron chi connectivity index (χ0n) is 12.8. The molecule has 5 atom stereocenters. The topological polar surface area (TPSA) is 80.0 Å². The summed E-state index contributed by atoms with van der Waals surface area (Å²) in [5.74, 6) is 0.714. The van der Waals surface area contributed by atoms with Crippen LogP contribution in [0.4, 0.5) is 0 Å². The second-order valence-corrected chi connectivity index (χ2v) is 5.37. The van der Waals surface area contributed by atoms with Crippen molar-refractivity contribution in [2.75, 3.05) is 26.6 Å². The lowest BCUT2D eigenvalue weighted by molar-refractivity contribution is -0.258. The number of carbonyl (C=O) groups is 1. The summed E-state index contributed by atoms with van der Waals surface area (Å²) in [7, 11) is 0. The number of nitrogens with two attached hydrogens (primary N) is 1. The van der Waals surface area contributed by atoms with Crippen LogP contribution in [0.25, 0.3) is 0 Å². The van der Waals surface area contributed by atoms with Crippen molar-refractivity contribution in [1.82, 2.24) is 0 Å². The normalized spacial score (nSPS) is 34.0. The summed E-state index contributed by atoms with van der Waals surface area (Å²) < 4.78 is 21.7. The molecule has 0 aliphatic carbocycles. The maximum absolute atomic E-state index is 10.9. The molecule has 1 rings (SSSR count). The predicted octanol–water partition coefficient (Wildman–Crippen LogP) is 1.13. The van der Waals surface area contributed by atoms with Gasteiger partial charge in [-0.2, -0.15) is 0 Å². The third-order valence-electron chi connectivity index (χ3n) is 4.06. The molecular formula is C14H27NO5. The molecule has 0 radical (unpaired) electrons. The molecule has 1 heterocycles. The minimum atomic E-state index is -0.303. The molecule has 0 bridgehead atoms. The first-order chi connectivity index (χ1) is 9.47. The van der Waals surface area contributed by atoms with Crippen LogP contribution in [-0.2, 0) is 23.7 Å². The SMILES string of the molecule is CC(=O)OCC1OC(OCCOCN)C(C)C(C)C1C. The van der Waals surface area contributed by atoms with Gasteiger partial charge in [0.2, 0.25) is 0 Å². The Hall–Kier alpha value is -0.690. The van der Waals surface area contributed by atoms with E-state index in [0.717, 1.165) is 0 Å². The third kappa shape index (κ3) is 5.01. The molecule has 0 aromatic carbocycles. The fraction of sp³-hybridized carbons (Fsp3) is 0.929. The Morgan fingerprint density at radius 2 is 1.85 bits per heavy atom. The van der Waals surface area contributed by atoms with Gasteiger partial charge < -0.3 is 24.7 Å². The number of rotatable bonds is 7. The molecule has 2 N–H and O–H groups in total. The van der Waals surface area contributed by atoms with Gasteiger partial charge in [-0.3, -0.25) is 4.79 Å². The monoisotopic (exact) mass is 289 g/mol. The van der Waals surface area contributed by atoms with Gasteiger partial charge in [-0.1, -0.05) is 20.8 Å². The fourth-order valence-corrected chi connectivity index (χ4v) is 2.37. The van der Waals surface area contributed by atoms with Gasteiger partial charge in [0.15, 0.2) is 6.29 Å². The van der Waals surface area contributed by atoms with Gasteiger partial charge in [-0.15, -0.1) is 0 Å². The Labute approximate surface area is 120 Å². The lowest BCUT2D eigenvalue weighted by atomic mass is 9.79. The highest BCUT2D eigenvalue weighted by atomic mass is 16.7. The molecule has 118 valence electrons. The Balaban J connectivity index is 2.49. The zero-order valence-corrected chi connectivity index (χ0v) is 12.8. The number of esters is 1. The first-order valence-corrected chi connectivity index (χ1v) is 7.15. The highest BCUT2D eigenvalue weighted by Gasteiger charge is 2.39. The van der Waals surface area contributed by atoms with Gasteiger partial charge in [0, 0.05) is 12.8 Å². The molecule has 20 heavy (non-hydrogen) atoms. The standard InChI is InChI=1S/C14H27NO5/c1-9-10(2)13(7-19-12(4)16)20-14(11(9)3)18-6-5-17-8-15/h9-11,13-14H,5-8,15H2,1-4H3. The van der Waals surface area contributed by atoms with Crippen molar-refractivity contribution in [3.63, 3.8) is 0 Å². The molecule has 6 nitrogen and oxygen atoms in total. The lowest BCUT2D eigenvalue weighted by Crippen LogP contribution is -2.48. The largest absolute Gasteiger partial charge is 0.463 e. The quantitative estimate of drug-likeness (QED) is 0.430. The van der Waals surface area contributed by atoms with Crippen molar-refractivity contribution in [3.05, 3.63) is 0 Å². The molecule has 0 amide bonds. The van der Waals surface area contributed by atoms with Crippen LogP contribution in [0.1, 0.15) is 27.7 Å². The van der Waals surface area contributed by atoms with Crippen LogP contribution in [-0.4, -0.2) is 44.9 Å². The molecule has 0 spiro atoms. The van der Waals surface area contributed by atoms with E-state index >= 15 is 0 Å². The lowest BCUT2D eigenvalue weighted by Gasteiger charge is -2.43. The summed E-state index contributed by atoms with van der Waals surface area (Å²) in [5.41, 5.74) is 5.25. The van der Waals surface area contributed by atoms with Crippen molar-refractivity contribution in [2.24, 2.45) is 23.5 Å². The third-order valence-corrected chi connectivity index (χ3v) is 4.06. The first kappa shape index (κ1) is 17.4. The average Bonchev–Trinajstić information content (AvgIpc) is 2.41. The van der Waals surface area contributed by atoms with Crippen molar-refractivity contribution in [3.8, 4) is 0 Å². The van der Waals surface area contributed by atoms with Gasteiger partial charge >= 0.3 is 5.97 Å². The Bertz CT molecular complexity index is 299. The molecule has 1 aliphatic heterocycles. The molecule has 5 unspecified atom stereocenters. The second-order valence-electron chi connectivity index (χ2n) is 5.37. The molecule has 1 saturated heterocycles. The van der Waals surface area contributed by atoms with Gasteiger partial charge in [0.1, 0.15) is 6.61 Å². The predicted molar refractivity (Wildman–Crippen MR) is 73.7 cm³/mol. The van der Waals surface area contributed by atoms with Gasteiger partial charge in [0.25, 0.3) is 0 Å². The van der Waals surface area contributed by atoms with E-state index in [1.807, 2.05) is 0 Å². The highest BCUT2D eigenvalue weighted by molar-refractivity contribution is 5.65. The van der Waals surface area contributed by atoms with Crippen molar-refractivity contribution in [1.29, 1.82) is 0 Å². The van der Waals surface area contributed by atoms with Crippen LogP contribution >= 0.6 is 0 Å². The van der Waals surface area contributed by atoms with Gasteiger partial charge in [-0.25, -0.2) is 0 Å². The van der Waals surface area contributed by atoms with E-state index in [4.69, 9.17) is 24.7 Å². The van der Waals surface area contributed by atoms with Crippen molar-refractivity contribution >= 4 is 5.97 Å². The molecule has 0 aromatic rings. The van der Waals surface area contributed by atoms with Crippen LogP contribution < -0.4 is 5.73 Å². The van der Waals surface area contributed by atoms with Gasteiger partial charge in [-0.05, 0) is 11.8 Å². The van der Waals surface area contributed by atoms with E-state index in [2.05, 4.69) is 20.8 Å². The Morgan fingerprint density at radius 3 is 2.45 bits per heavy atom. The van der Waals surface area contributed by atoms with Crippen LogP contribution in [0.3, 0.4) is 0 Å². The van der Waals surface area contributed by atoms with E-state index < -0.39 is 0 Å². The maximum Gasteiger partial charge on any atom is 0.302 e. The number of hydrogen-bond acceptors (Lipinski definition) is 6. The van der Waals surface area contributed by atoms with Crippen LogP contribution in [0.5, 0.6) is 0 Å². The molecule has 0 saturated carbocycles. The van der Waals surface area contributed by atoms with Crippen molar-refractivity contribution in [2.45, 2.75) is 40.1 Å². The summed E-state index contributed by atoms with van der Waals surface area (Å²) >= 11 is 0. The van der Waals surface area contributed by atoms with E-state index in [-0.39, 0.29) is 37.6 Å². The molecule has 0 aromatic heterocycles. The number of ether oxygens (including phenoxy) is 4. The van der Waals surface area contributed by atoms with E-state index in [1.54, 1.807) is 0 Å². The highest BCUT2D eigenvalue weighted by Crippen LogP contribution is 2.35.